The molecule has 0 fully saturated rings. The maximum Gasteiger partial charge on any atom is 0.0678 e. The van der Waals surface area contributed by atoms with Gasteiger partial charge in [0.25, 0.3) is 0 Å². The van der Waals surface area contributed by atoms with Crippen molar-refractivity contribution in [2.24, 2.45) is 7.05 Å². The lowest BCUT2D eigenvalue weighted by Crippen LogP contribution is -2.12. The van der Waals surface area contributed by atoms with Crippen LogP contribution < -0.4 is 5.32 Å². The van der Waals surface area contributed by atoms with Crippen molar-refractivity contribution in [3.63, 3.8) is 0 Å². The lowest BCUT2D eigenvalue weighted by Gasteiger charge is -2.12. The monoisotopic (exact) mass is 215 g/mol. The Morgan fingerprint density at radius 3 is 2.75 bits per heavy atom. The first kappa shape index (κ1) is 10.9. The summed E-state index contributed by atoms with van der Waals surface area (Å²) in [6.45, 7) is 2.16. The molecular weight excluding hydrogens is 198 g/mol. The quantitative estimate of drug-likeness (QED) is 0.851. The molecule has 2 aromatic rings. The molecule has 0 aliphatic carbocycles. The molecule has 0 saturated carbocycles. The third-order valence-corrected chi connectivity index (χ3v) is 2.94. The van der Waals surface area contributed by atoms with Crippen LogP contribution in [-0.2, 0) is 7.05 Å². The number of nitrogens with one attached hydrogen (secondary N) is 1. The SMILES string of the molecule is CNC(C)c1cccc(-c2ccnn2C)c1. The van der Waals surface area contributed by atoms with E-state index in [0.717, 1.165) is 5.69 Å². The molecule has 1 atom stereocenters. The zero-order chi connectivity index (χ0) is 11.5. The number of benzene rings is 1. The van der Waals surface area contributed by atoms with Gasteiger partial charge in [-0.1, -0.05) is 18.2 Å². The summed E-state index contributed by atoms with van der Waals surface area (Å²) in [6.07, 6.45) is 1.82. The molecule has 3 heteroatoms. The molecule has 0 aliphatic heterocycles. The molecule has 1 N–H and O–H groups in total. The Balaban J connectivity index is 2.40. The highest BCUT2D eigenvalue weighted by molar-refractivity contribution is 5.60. The normalized spacial score (nSPS) is 12.7. The van der Waals surface area contributed by atoms with Crippen molar-refractivity contribution < 1.29 is 0 Å². The van der Waals surface area contributed by atoms with Gasteiger partial charge in [-0.15, -0.1) is 0 Å². The van der Waals surface area contributed by atoms with Crippen LogP contribution in [0.5, 0.6) is 0 Å². The average Bonchev–Trinajstić information content (AvgIpc) is 2.74. The van der Waals surface area contributed by atoms with Crippen LogP contribution in [0.2, 0.25) is 0 Å². The predicted molar refractivity (Wildman–Crippen MR) is 66.1 cm³/mol. The van der Waals surface area contributed by atoms with Gasteiger partial charge >= 0.3 is 0 Å². The standard InChI is InChI=1S/C13H17N3/c1-10(14-2)11-5-4-6-12(9-11)13-7-8-15-16(13)3/h4-10,14H,1-3H3. The Hall–Kier alpha value is -1.61. The highest BCUT2D eigenvalue weighted by Crippen LogP contribution is 2.22. The van der Waals surface area contributed by atoms with Gasteiger partial charge in [0.2, 0.25) is 0 Å². The van der Waals surface area contributed by atoms with Crippen LogP contribution in [0.3, 0.4) is 0 Å². The number of nitrogens with zero attached hydrogens (tertiary/aromatic N) is 2. The second-order valence-electron chi connectivity index (χ2n) is 3.98. The maximum atomic E-state index is 4.19. The fraction of sp³-hybridized carbons (Fsp3) is 0.308. The minimum Gasteiger partial charge on any atom is -0.313 e. The molecule has 3 nitrogen and oxygen atoms in total. The van der Waals surface area contributed by atoms with Crippen molar-refractivity contribution in [3.8, 4) is 11.3 Å². The summed E-state index contributed by atoms with van der Waals surface area (Å²) < 4.78 is 1.89. The molecular formula is C13H17N3. The lowest BCUT2D eigenvalue weighted by molar-refractivity contribution is 0.652. The van der Waals surface area contributed by atoms with Crippen LogP contribution in [0.25, 0.3) is 11.3 Å². The Morgan fingerprint density at radius 2 is 2.12 bits per heavy atom. The summed E-state index contributed by atoms with van der Waals surface area (Å²) in [5.74, 6) is 0. The first-order valence-electron chi connectivity index (χ1n) is 5.48. The molecule has 1 aromatic carbocycles. The minimum atomic E-state index is 0.369. The predicted octanol–water partition coefficient (Wildman–Crippen LogP) is 2.37. The number of aromatic nitrogens is 2. The van der Waals surface area contributed by atoms with E-state index in [4.69, 9.17) is 0 Å². The zero-order valence-electron chi connectivity index (χ0n) is 9.94. The van der Waals surface area contributed by atoms with Gasteiger partial charge in [-0.2, -0.15) is 5.10 Å². The number of rotatable bonds is 3. The second-order valence-corrected chi connectivity index (χ2v) is 3.98. The van der Waals surface area contributed by atoms with E-state index in [1.807, 2.05) is 31.0 Å². The van der Waals surface area contributed by atoms with E-state index in [1.165, 1.54) is 11.1 Å². The molecule has 0 aliphatic rings. The molecule has 0 saturated heterocycles. The first-order valence-corrected chi connectivity index (χ1v) is 5.48. The molecule has 1 aromatic heterocycles. The number of aryl methyl sites for hydroxylation is 1. The van der Waals surface area contributed by atoms with E-state index in [1.54, 1.807) is 0 Å². The van der Waals surface area contributed by atoms with E-state index >= 15 is 0 Å². The molecule has 84 valence electrons. The van der Waals surface area contributed by atoms with E-state index in [9.17, 15) is 0 Å². The van der Waals surface area contributed by atoms with Gasteiger partial charge in [0.05, 0.1) is 5.69 Å². The summed E-state index contributed by atoms with van der Waals surface area (Å²) in [5.41, 5.74) is 3.64. The van der Waals surface area contributed by atoms with Gasteiger partial charge in [-0.25, -0.2) is 0 Å². The third kappa shape index (κ3) is 1.99. The van der Waals surface area contributed by atoms with Gasteiger partial charge in [0.15, 0.2) is 0 Å². The molecule has 0 amide bonds. The van der Waals surface area contributed by atoms with Crippen LogP contribution in [0.15, 0.2) is 36.5 Å². The van der Waals surface area contributed by atoms with Gasteiger partial charge < -0.3 is 5.32 Å². The van der Waals surface area contributed by atoms with E-state index in [0.29, 0.717) is 6.04 Å². The number of hydrogen-bond acceptors (Lipinski definition) is 2. The van der Waals surface area contributed by atoms with E-state index in [2.05, 4.69) is 41.6 Å². The highest BCUT2D eigenvalue weighted by atomic mass is 15.2. The smallest absolute Gasteiger partial charge is 0.0678 e. The van der Waals surface area contributed by atoms with Gasteiger partial charge in [-0.3, -0.25) is 4.68 Å². The Morgan fingerprint density at radius 1 is 1.31 bits per heavy atom. The Labute approximate surface area is 96.1 Å². The molecule has 16 heavy (non-hydrogen) atoms. The molecule has 1 unspecified atom stereocenters. The highest BCUT2D eigenvalue weighted by Gasteiger charge is 2.06. The van der Waals surface area contributed by atoms with Crippen LogP contribution in [0.1, 0.15) is 18.5 Å². The van der Waals surface area contributed by atoms with Gasteiger partial charge in [0, 0.05) is 24.8 Å². The van der Waals surface area contributed by atoms with Gasteiger partial charge in [0.1, 0.15) is 0 Å². The minimum absolute atomic E-state index is 0.369. The van der Waals surface area contributed by atoms with Crippen molar-refractivity contribution in [1.82, 2.24) is 15.1 Å². The van der Waals surface area contributed by atoms with Crippen LogP contribution >= 0.6 is 0 Å². The number of hydrogen-bond donors (Lipinski definition) is 1. The summed E-state index contributed by atoms with van der Waals surface area (Å²) in [5, 5.41) is 7.43. The van der Waals surface area contributed by atoms with Crippen molar-refractivity contribution >= 4 is 0 Å². The van der Waals surface area contributed by atoms with E-state index < -0.39 is 0 Å². The molecule has 1 heterocycles. The largest absolute Gasteiger partial charge is 0.313 e. The van der Waals surface area contributed by atoms with Crippen molar-refractivity contribution in [1.29, 1.82) is 0 Å². The van der Waals surface area contributed by atoms with Crippen molar-refractivity contribution in [2.45, 2.75) is 13.0 Å². The van der Waals surface area contributed by atoms with Crippen LogP contribution in [0, 0.1) is 0 Å². The van der Waals surface area contributed by atoms with Crippen molar-refractivity contribution in [3.05, 3.63) is 42.1 Å². The van der Waals surface area contributed by atoms with Gasteiger partial charge in [-0.05, 0) is 31.7 Å². The molecule has 2 rings (SSSR count). The summed E-state index contributed by atoms with van der Waals surface area (Å²) >= 11 is 0. The summed E-state index contributed by atoms with van der Waals surface area (Å²) in [4.78, 5) is 0. The zero-order valence-corrected chi connectivity index (χ0v) is 9.94. The summed E-state index contributed by atoms with van der Waals surface area (Å²) in [7, 11) is 3.94. The van der Waals surface area contributed by atoms with Crippen LogP contribution in [0.4, 0.5) is 0 Å². The lowest BCUT2D eigenvalue weighted by atomic mass is 10.0. The maximum absolute atomic E-state index is 4.19. The molecule has 0 bridgehead atoms. The fourth-order valence-electron chi connectivity index (χ4n) is 1.79. The summed E-state index contributed by atoms with van der Waals surface area (Å²) in [6, 6.07) is 10.9. The van der Waals surface area contributed by atoms with E-state index in [-0.39, 0.29) is 0 Å². The van der Waals surface area contributed by atoms with Crippen molar-refractivity contribution in [2.75, 3.05) is 7.05 Å². The van der Waals surface area contributed by atoms with Crippen LogP contribution in [-0.4, -0.2) is 16.8 Å². The molecule has 0 radical (unpaired) electrons. The average molecular weight is 215 g/mol. The Kier molecular flexibility index (Phi) is 3.06. The third-order valence-electron chi connectivity index (χ3n) is 2.94. The second kappa shape index (κ2) is 4.49. The first-order chi connectivity index (χ1) is 7.72. The fourth-order valence-corrected chi connectivity index (χ4v) is 1.79. The molecule has 0 spiro atoms. The topological polar surface area (TPSA) is 29.9 Å². The Bertz CT molecular complexity index is 474.